The lowest BCUT2D eigenvalue weighted by Crippen LogP contribution is -2.28. The number of imide groups is 1. The van der Waals surface area contributed by atoms with Gasteiger partial charge in [-0.3, -0.25) is 9.59 Å². The first-order valence-electron chi connectivity index (χ1n) is 10.3. The maximum Gasteiger partial charge on any atom is 0.254 e. The molecule has 2 fully saturated rings. The minimum Gasteiger partial charge on any atom is -0.490 e. The molecule has 2 amide bonds. The van der Waals surface area contributed by atoms with Crippen molar-refractivity contribution < 1.29 is 19.1 Å². The second-order valence-electron chi connectivity index (χ2n) is 7.77. The van der Waals surface area contributed by atoms with Crippen molar-refractivity contribution in [2.24, 2.45) is 28.8 Å². The van der Waals surface area contributed by atoms with Gasteiger partial charge in [-0.25, -0.2) is 0 Å². The molecule has 2 bridgehead atoms. The molecule has 1 heterocycles. The van der Waals surface area contributed by atoms with E-state index in [0.29, 0.717) is 31.1 Å². The van der Waals surface area contributed by atoms with Crippen molar-refractivity contribution in [2.75, 3.05) is 13.2 Å². The minimum atomic E-state index is -0.255. The predicted molar refractivity (Wildman–Crippen MR) is 114 cm³/mol. The fourth-order valence-electron chi connectivity index (χ4n) is 4.76. The number of hydrogen-bond acceptors (Lipinski definition) is 5. The molecule has 0 aromatic heterocycles. The quantitative estimate of drug-likeness (QED) is 0.357. The molecule has 0 N–H and O–H groups in total. The first kappa shape index (κ1) is 20.1. The lowest BCUT2D eigenvalue weighted by Gasteiger charge is -2.16. The summed E-state index contributed by atoms with van der Waals surface area (Å²) in [6.45, 7) is 10.2. The highest BCUT2D eigenvalue weighted by Gasteiger charge is 2.59. The van der Waals surface area contributed by atoms with Crippen LogP contribution in [0.15, 0.2) is 54.7 Å². The van der Waals surface area contributed by atoms with Gasteiger partial charge in [-0.1, -0.05) is 30.9 Å². The van der Waals surface area contributed by atoms with Crippen LogP contribution in [0.25, 0.3) is 0 Å². The van der Waals surface area contributed by atoms with Gasteiger partial charge >= 0.3 is 0 Å². The topological polar surface area (TPSA) is 68.2 Å². The molecule has 6 heteroatoms. The molecule has 1 aliphatic heterocycles. The van der Waals surface area contributed by atoms with E-state index in [4.69, 9.17) is 9.47 Å². The van der Waals surface area contributed by atoms with Crippen LogP contribution in [0.1, 0.15) is 24.5 Å². The molecule has 30 heavy (non-hydrogen) atoms. The Morgan fingerprint density at radius 1 is 1.10 bits per heavy atom. The Morgan fingerprint density at radius 3 is 2.40 bits per heavy atom. The van der Waals surface area contributed by atoms with Gasteiger partial charge in [0.25, 0.3) is 11.8 Å². The molecule has 1 aromatic carbocycles. The Labute approximate surface area is 176 Å². The molecular weight excluding hydrogens is 380 g/mol. The van der Waals surface area contributed by atoms with Crippen LogP contribution >= 0.6 is 0 Å². The summed E-state index contributed by atoms with van der Waals surface area (Å²) in [7, 11) is 0. The zero-order valence-electron chi connectivity index (χ0n) is 17.1. The molecule has 3 aliphatic rings. The highest BCUT2D eigenvalue weighted by molar-refractivity contribution is 6.06. The number of amides is 2. The molecule has 1 aromatic rings. The van der Waals surface area contributed by atoms with Crippen LogP contribution in [0, 0.1) is 23.7 Å². The highest BCUT2D eigenvalue weighted by Crippen LogP contribution is 2.52. The van der Waals surface area contributed by atoms with Gasteiger partial charge in [0.15, 0.2) is 11.5 Å². The molecule has 6 nitrogen and oxygen atoms in total. The summed E-state index contributed by atoms with van der Waals surface area (Å²) in [5.41, 5.74) is 1.61. The summed E-state index contributed by atoms with van der Waals surface area (Å²) < 4.78 is 11.6. The summed E-state index contributed by atoms with van der Waals surface area (Å²) in [6.07, 6.45) is 10.6. The van der Waals surface area contributed by atoms with E-state index in [-0.39, 0.29) is 35.5 Å². The fraction of sp³-hybridized carbons (Fsp3) is 0.375. The number of hydrogen-bond donors (Lipinski definition) is 0. The second kappa shape index (κ2) is 8.30. The van der Waals surface area contributed by atoms with Gasteiger partial charge in [0, 0.05) is 5.56 Å². The number of allylic oxidation sites excluding steroid dienone is 3. The first-order valence-corrected chi connectivity index (χ1v) is 10.3. The zero-order chi connectivity index (χ0) is 21.3. The Hall–Kier alpha value is -3.15. The maximum atomic E-state index is 12.8. The maximum absolute atomic E-state index is 12.8. The number of carbonyl (C=O) groups is 2. The largest absolute Gasteiger partial charge is 0.490 e. The average molecular weight is 406 g/mol. The van der Waals surface area contributed by atoms with E-state index >= 15 is 0 Å². The Kier molecular flexibility index (Phi) is 5.57. The Morgan fingerprint density at radius 2 is 1.80 bits per heavy atom. The van der Waals surface area contributed by atoms with E-state index in [0.717, 1.165) is 22.6 Å². The van der Waals surface area contributed by atoms with Crippen molar-refractivity contribution in [3.05, 3.63) is 60.7 Å². The molecule has 0 radical (unpaired) electrons. The highest BCUT2D eigenvalue weighted by atomic mass is 16.5. The predicted octanol–water partition coefficient (Wildman–Crippen LogP) is 3.52. The van der Waals surface area contributed by atoms with Crippen LogP contribution in [0.3, 0.4) is 0 Å². The second-order valence-corrected chi connectivity index (χ2v) is 7.77. The van der Waals surface area contributed by atoms with Crippen LogP contribution in [0.4, 0.5) is 0 Å². The average Bonchev–Trinajstić information content (AvgIpc) is 3.41. The van der Waals surface area contributed by atoms with Crippen molar-refractivity contribution in [3.63, 3.8) is 0 Å². The van der Waals surface area contributed by atoms with E-state index < -0.39 is 0 Å². The van der Waals surface area contributed by atoms with Crippen molar-refractivity contribution in [1.82, 2.24) is 5.01 Å². The number of benzene rings is 1. The third-order valence-electron chi connectivity index (χ3n) is 5.93. The number of fused-ring (bicyclic) bond motifs is 5. The van der Waals surface area contributed by atoms with Crippen LogP contribution < -0.4 is 9.47 Å². The van der Waals surface area contributed by atoms with E-state index in [1.807, 2.05) is 13.0 Å². The molecule has 2 aliphatic carbocycles. The smallest absolute Gasteiger partial charge is 0.254 e. The third kappa shape index (κ3) is 3.36. The van der Waals surface area contributed by atoms with E-state index in [1.165, 1.54) is 0 Å². The van der Waals surface area contributed by atoms with Gasteiger partial charge in [0.2, 0.25) is 0 Å². The molecule has 1 saturated carbocycles. The number of nitrogens with zero attached hydrogens (tertiary/aromatic N) is 2. The monoisotopic (exact) mass is 406 g/mol. The number of rotatable bonds is 9. The normalized spacial score (nSPS) is 26.5. The van der Waals surface area contributed by atoms with Crippen molar-refractivity contribution >= 4 is 18.0 Å². The molecule has 4 atom stereocenters. The summed E-state index contributed by atoms with van der Waals surface area (Å²) in [6, 6.07) is 3.71. The molecule has 4 rings (SSSR count). The third-order valence-corrected chi connectivity index (χ3v) is 5.93. The Balaban J connectivity index is 1.61. The van der Waals surface area contributed by atoms with Crippen molar-refractivity contribution in [1.29, 1.82) is 0 Å². The van der Waals surface area contributed by atoms with Crippen LogP contribution in [-0.4, -0.2) is 36.3 Å². The summed E-state index contributed by atoms with van der Waals surface area (Å²) >= 11 is 0. The molecule has 0 spiro atoms. The number of carbonyl (C=O) groups excluding carboxylic acids is 2. The number of hydrazone groups is 1. The zero-order valence-corrected chi connectivity index (χ0v) is 17.1. The van der Waals surface area contributed by atoms with E-state index in [2.05, 4.69) is 30.4 Å². The lowest BCUT2D eigenvalue weighted by atomic mass is 9.85. The standard InChI is InChI=1S/C24H26N2O4/c1-4-7-18-11-15(12-19(29-6-3)22(18)30-10-5-2)14-25-26-23(27)20-16-8-9-17(13-16)21(20)24(26)28/h4-5,8-9,11-12,14,16-17,20-21H,1-2,6-7,10,13H2,3H3/t16-,17-,20-,21+/m0/s1. The Bertz CT molecular complexity index is 919. The lowest BCUT2D eigenvalue weighted by molar-refractivity contribution is -0.140. The van der Waals surface area contributed by atoms with Crippen LogP contribution in [0.5, 0.6) is 11.5 Å². The number of ether oxygens (including phenoxy) is 2. The summed E-state index contributed by atoms with van der Waals surface area (Å²) in [4.78, 5) is 25.6. The van der Waals surface area contributed by atoms with Gasteiger partial charge in [-0.05, 0) is 49.3 Å². The first-order chi connectivity index (χ1) is 14.6. The van der Waals surface area contributed by atoms with E-state index in [1.54, 1.807) is 24.4 Å². The fourth-order valence-corrected chi connectivity index (χ4v) is 4.76. The summed E-state index contributed by atoms with van der Waals surface area (Å²) in [5, 5.41) is 5.32. The van der Waals surface area contributed by atoms with Gasteiger partial charge in [-0.15, -0.1) is 6.58 Å². The van der Waals surface area contributed by atoms with Gasteiger partial charge in [0.05, 0.1) is 24.7 Å². The molecular formula is C24H26N2O4. The van der Waals surface area contributed by atoms with Gasteiger partial charge in [-0.2, -0.15) is 10.1 Å². The molecule has 156 valence electrons. The minimum absolute atomic E-state index is 0.168. The summed E-state index contributed by atoms with van der Waals surface area (Å²) in [5.74, 6) is 0.658. The van der Waals surface area contributed by atoms with Gasteiger partial charge < -0.3 is 9.47 Å². The van der Waals surface area contributed by atoms with Crippen molar-refractivity contribution in [2.45, 2.75) is 19.8 Å². The molecule has 1 saturated heterocycles. The SMILES string of the molecule is C=CCOc1c(CC=C)cc(C=NN2C(=O)[C@@H]3[C@H](C2=O)[C@H]2C=C[C@H]3C2)cc1OCC. The van der Waals surface area contributed by atoms with Crippen LogP contribution in [0.2, 0.25) is 0 Å². The van der Waals surface area contributed by atoms with Crippen LogP contribution in [-0.2, 0) is 16.0 Å². The van der Waals surface area contributed by atoms with E-state index in [9.17, 15) is 9.59 Å². The van der Waals surface area contributed by atoms with Gasteiger partial charge in [0.1, 0.15) is 6.61 Å². The van der Waals surface area contributed by atoms with Crippen molar-refractivity contribution in [3.8, 4) is 11.5 Å². The molecule has 0 unspecified atom stereocenters.